The third-order valence-corrected chi connectivity index (χ3v) is 3.04. The lowest BCUT2D eigenvalue weighted by Crippen LogP contribution is -2.13. The molecule has 0 aliphatic rings. The summed E-state index contributed by atoms with van der Waals surface area (Å²) in [6.07, 6.45) is 0.772. The van der Waals surface area contributed by atoms with Crippen LogP contribution in [0.2, 0.25) is 0 Å². The Bertz CT molecular complexity index is 642. The van der Waals surface area contributed by atoms with Gasteiger partial charge in [0.1, 0.15) is 5.75 Å². The van der Waals surface area contributed by atoms with Crippen molar-refractivity contribution < 1.29 is 18.3 Å². The van der Waals surface area contributed by atoms with E-state index in [2.05, 4.69) is 5.32 Å². The van der Waals surface area contributed by atoms with Gasteiger partial charge in [-0.3, -0.25) is 4.79 Å². The molecular formula is C17H17F2NO2. The van der Waals surface area contributed by atoms with Gasteiger partial charge in [-0.1, -0.05) is 17.7 Å². The second kappa shape index (κ2) is 7.54. The highest BCUT2D eigenvalue weighted by Gasteiger charge is 2.06. The van der Waals surface area contributed by atoms with Gasteiger partial charge in [0.15, 0.2) is 11.6 Å². The number of benzene rings is 2. The van der Waals surface area contributed by atoms with E-state index < -0.39 is 11.6 Å². The van der Waals surface area contributed by atoms with E-state index in [9.17, 15) is 13.6 Å². The van der Waals surface area contributed by atoms with Crippen LogP contribution >= 0.6 is 0 Å². The summed E-state index contributed by atoms with van der Waals surface area (Å²) in [5.41, 5.74) is 1.39. The lowest BCUT2D eigenvalue weighted by Gasteiger charge is -2.07. The van der Waals surface area contributed by atoms with E-state index in [0.717, 1.165) is 23.4 Å². The molecule has 0 fully saturated rings. The van der Waals surface area contributed by atoms with Crippen LogP contribution in [0.1, 0.15) is 18.4 Å². The van der Waals surface area contributed by atoms with Crippen LogP contribution in [-0.4, -0.2) is 12.5 Å². The molecule has 22 heavy (non-hydrogen) atoms. The van der Waals surface area contributed by atoms with Crippen LogP contribution in [-0.2, 0) is 4.79 Å². The summed E-state index contributed by atoms with van der Waals surface area (Å²) in [5.74, 6) is -1.44. The monoisotopic (exact) mass is 305 g/mol. The fraction of sp³-hybridized carbons (Fsp3) is 0.235. The number of nitrogens with one attached hydrogen (secondary N) is 1. The van der Waals surface area contributed by atoms with Crippen molar-refractivity contribution in [2.75, 3.05) is 11.9 Å². The predicted molar refractivity (Wildman–Crippen MR) is 80.9 cm³/mol. The van der Waals surface area contributed by atoms with Crippen LogP contribution in [0.5, 0.6) is 5.75 Å². The number of ether oxygens (including phenoxy) is 1. The smallest absolute Gasteiger partial charge is 0.224 e. The van der Waals surface area contributed by atoms with Crippen molar-refractivity contribution in [3.63, 3.8) is 0 Å². The average molecular weight is 305 g/mol. The van der Waals surface area contributed by atoms with Crippen molar-refractivity contribution in [1.82, 2.24) is 0 Å². The Labute approximate surface area is 127 Å². The minimum Gasteiger partial charge on any atom is -0.494 e. The van der Waals surface area contributed by atoms with Gasteiger partial charge in [-0.05, 0) is 37.6 Å². The number of amides is 1. The van der Waals surface area contributed by atoms with Gasteiger partial charge in [-0.15, -0.1) is 0 Å². The first-order valence-corrected chi connectivity index (χ1v) is 6.99. The molecule has 0 bridgehead atoms. The van der Waals surface area contributed by atoms with Crippen LogP contribution in [0.25, 0.3) is 0 Å². The largest absolute Gasteiger partial charge is 0.494 e. The maximum atomic E-state index is 13.0. The molecular weight excluding hydrogens is 288 g/mol. The first kappa shape index (κ1) is 15.9. The van der Waals surface area contributed by atoms with Crippen molar-refractivity contribution in [1.29, 1.82) is 0 Å². The van der Waals surface area contributed by atoms with Gasteiger partial charge in [0, 0.05) is 18.2 Å². The highest BCUT2D eigenvalue weighted by molar-refractivity contribution is 5.90. The number of anilines is 1. The predicted octanol–water partition coefficient (Wildman–Crippen LogP) is 4.07. The van der Waals surface area contributed by atoms with Crippen molar-refractivity contribution >= 4 is 11.6 Å². The molecule has 116 valence electrons. The molecule has 0 saturated carbocycles. The second-order valence-corrected chi connectivity index (χ2v) is 4.94. The van der Waals surface area contributed by atoms with E-state index >= 15 is 0 Å². The molecule has 0 saturated heterocycles. The summed E-state index contributed by atoms with van der Waals surface area (Å²) < 4.78 is 31.3. The highest BCUT2D eigenvalue weighted by atomic mass is 19.2. The molecule has 0 atom stereocenters. The Morgan fingerprint density at radius 3 is 2.50 bits per heavy atom. The number of hydrogen-bond donors (Lipinski definition) is 1. The normalized spacial score (nSPS) is 10.3. The number of halogens is 2. The zero-order chi connectivity index (χ0) is 15.9. The van der Waals surface area contributed by atoms with E-state index in [1.54, 1.807) is 0 Å². The molecule has 0 aliphatic heterocycles. The second-order valence-electron chi connectivity index (χ2n) is 4.94. The molecule has 0 aliphatic carbocycles. The summed E-state index contributed by atoms with van der Waals surface area (Å²) in [7, 11) is 0. The van der Waals surface area contributed by atoms with Gasteiger partial charge >= 0.3 is 0 Å². The summed E-state index contributed by atoms with van der Waals surface area (Å²) in [4.78, 5) is 11.7. The fourth-order valence-electron chi connectivity index (χ4n) is 1.85. The minimum absolute atomic E-state index is 0.239. The molecule has 0 unspecified atom stereocenters. The third kappa shape index (κ3) is 4.84. The Balaban J connectivity index is 1.71. The quantitative estimate of drug-likeness (QED) is 0.817. The van der Waals surface area contributed by atoms with Crippen LogP contribution in [0.4, 0.5) is 14.5 Å². The lowest BCUT2D eigenvalue weighted by atomic mass is 10.2. The molecule has 2 rings (SSSR count). The first-order valence-electron chi connectivity index (χ1n) is 6.99. The number of aryl methyl sites for hydroxylation is 1. The molecule has 2 aromatic carbocycles. The van der Waals surface area contributed by atoms with Gasteiger partial charge < -0.3 is 10.1 Å². The van der Waals surface area contributed by atoms with E-state index in [1.165, 1.54) is 6.07 Å². The topological polar surface area (TPSA) is 38.3 Å². The maximum absolute atomic E-state index is 13.0. The van der Waals surface area contributed by atoms with Crippen LogP contribution in [0, 0.1) is 18.6 Å². The van der Waals surface area contributed by atoms with Gasteiger partial charge in [0.05, 0.1) is 6.61 Å². The SMILES string of the molecule is Cc1ccc(OCCCC(=O)Nc2ccc(F)c(F)c2)cc1. The number of carbonyl (C=O) groups excluding carboxylic acids is 1. The Morgan fingerprint density at radius 1 is 1.09 bits per heavy atom. The van der Waals surface area contributed by atoms with Crippen molar-refractivity contribution in [2.45, 2.75) is 19.8 Å². The zero-order valence-corrected chi connectivity index (χ0v) is 12.2. The van der Waals surface area contributed by atoms with E-state index in [-0.39, 0.29) is 18.0 Å². The molecule has 0 heterocycles. The fourth-order valence-corrected chi connectivity index (χ4v) is 1.85. The molecule has 5 heteroatoms. The minimum atomic E-state index is -0.986. The molecule has 2 aromatic rings. The van der Waals surface area contributed by atoms with Crippen LogP contribution in [0.15, 0.2) is 42.5 Å². The molecule has 0 radical (unpaired) electrons. The standard InChI is InChI=1S/C17H17F2NO2/c1-12-4-7-14(8-5-12)22-10-2-3-17(21)20-13-6-9-15(18)16(19)11-13/h4-9,11H,2-3,10H2,1H3,(H,20,21). The number of carbonyl (C=O) groups is 1. The van der Waals surface area contributed by atoms with E-state index in [0.29, 0.717) is 13.0 Å². The molecule has 1 N–H and O–H groups in total. The zero-order valence-electron chi connectivity index (χ0n) is 12.2. The van der Waals surface area contributed by atoms with Crippen molar-refractivity contribution in [3.05, 3.63) is 59.7 Å². The van der Waals surface area contributed by atoms with E-state index in [4.69, 9.17) is 4.74 Å². The summed E-state index contributed by atoms with van der Waals surface area (Å²) in [6.45, 7) is 2.40. The van der Waals surface area contributed by atoms with Crippen LogP contribution < -0.4 is 10.1 Å². The third-order valence-electron chi connectivity index (χ3n) is 3.04. The van der Waals surface area contributed by atoms with E-state index in [1.807, 2.05) is 31.2 Å². The Morgan fingerprint density at radius 2 is 1.82 bits per heavy atom. The highest BCUT2D eigenvalue weighted by Crippen LogP contribution is 2.14. The van der Waals surface area contributed by atoms with Gasteiger partial charge in [0.25, 0.3) is 0 Å². The first-order chi connectivity index (χ1) is 10.5. The van der Waals surface area contributed by atoms with Crippen LogP contribution in [0.3, 0.4) is 0 Å². The molecule has 0 aromatic heterocycles. The van der Waals surface area contributed by atoms with Crippen molar-refractivity contribution in [2.24, 2.45) is 0 Å². The molecule has 0 spiro atoms. The van der Waals surface area contributed by atoms with Gasteiger partial charge in [-0.25, -0.2) is 8.78 Å². The summed E-state index contributed by atoms with van der Waals surface area (Å²) in [6, 6.07) is 10.9. The molecule has 3 nitrogen and oxygen atoms in total. The molecule has 1 amide bonds. The summed E-state index contributed by atoms with van der Waals surface area (Å²) >= 11 is 0. The average Bonchev–Trinajstić information content (AvgIpc) is 2.49. The van der Waals surface area contributed by atoms with Gasteiger partial charge in [-0.2, -0.15) is 0 Å². The van der Waals surface area contributed by atoms with Gasteiger partial charge in [0.2, 0.25) is 5.91 Å². The Hall–Kier alpha value is -2.43. The number of hydrogen-bond acceptors (Lipinski definition) is 2. The lowest BCUT2D eigenvalue weighted by molar-refractivity contribution is -0.116. The summed E-state index contributed by atoms with van der Waals surface area (Å²) in [5, 5.41) is 2.51. The van der Waals surface area contributed by atoms with Crippen molar-refractivity contribution in [3.8, 4) is 5.75 Å². The Kier molecular flexibility index (Phi) is 5.47. The number of rotatable bonds is 6. The maximum Gasteiger partial charge on any atom is 0.224 e.